The van der Waals surface area contributed by atoms with Gasteiger partial charge in [-0.15, -0.1) is 0 Å². The zero-order chi connectivity index (χ0) is 9.42. The Hall–Kier alpha value is -1.84. The Balaban J connectivity index is 2.44. The third kappa shape index (κ3) is 1.07. The number of carbonyl (C=O) groups is 2. The van der Waals surface area contributed by atoms with Gasteiger partial charge in [0.1, 0.15) is 0 Å². The second kappa shape index (κ2) is 2.58. The van der Waals surface area contributed by atoms with Crippen LogP contribution in [-0.4, -0.2) is 17.7 Å². The molecule has 1 aromatic rings. The van der Waals surface area contributed by atoms with Crippen LogP contribution in [0.4, 0.5) is 5.69 Å². The maximum atomic E-state index is 11.5. The number of nitrogens with one attached hydrogen (secondary N) is 1. The Morgan fingerprint density at radius 1 is 1.38 bits per heavy atom. The number of carbonyl (C=O) groups excluding carboxylic acids is 2. The molecule has 0 spiro atoms. The molecule has 1 atom stereocenters. The van der Waals surface area contributed by atoms with Crippen molar-refractivity contribution in [3.05, 3.63) is 29.8 Å². The van der Waals surface area contributed by atoms with Gasteiger partial charge in [0.2, 0.25) is 5.91 Å². The van der Waals surface area contributed by atoms with Crippen LogP contribution in [0.15, 0.2) is 24.3 Å². The van der Waals surface area contributed by atoms with Gasteiger partial charge in [-0.3, -0.25) is 9.59 Å². The highest BCUT2D eigenvalue weighted by molar-refractivity contribution is 6.21. The SMILES string of the molecule is NC(=O)C1Nc2ccccc2C1=O. The van der Waals surface area contributed by atoms with Gasteiger partial charge in [0.05, 0.1) is 0 Å². The summed E-state index contributed by atoms with van der Waals surface area (Å²) in [6.07, 6.45) is 0. The van der Waals surface area contributed by atoms with Gasteiger partial charge in [-0.1, -0.05) is 12.1 Å². The van der Waals surface area contributed by atoms with Gasteiger partial charge in [-0.2, -0.15) is 0 Å². The van der Waals surface area contributed by atoms with Crippen LogP contribution < -0.4 is 11.1 Å². The van der Waals surface area contributed by atoms with Crippen molar-refractivity contribution in [1.29, 1.82) is 0 Å². The van der Waals surface area contributed by atoms with E-state index in [2.05, 4.69) is 5.32 Å². The summed E-state index contributed by atoms with van der Waals surface area (Å²) in [7, 11) is 0. The molecular weight excluding hydrogens is 168 g/mol. The highest BCUT2D eigenvalue weighted by atomic mass is 16.2. The highest BCUT2D eigenvalue weighted by Gasteiger charge is 2.33. The van der Waals surface area contributed by atoms with Crippen molar-refractivity contribution in [2.75, 3.05) is 5.32 Å². The number of primary amides is 1. The van der Waals surface area contributed by atoms with E-state index >= 15 is 0 Å². The fourth-order valence-electron chi connectivity index (χ4n) is 1.40. The molecule has 0 saturated carbocycles. The molecule has 3 N–H and O–H groups in total. The van der Waals surface area contributed by atoms with Gasteiger partial charge in [-0.25, -0.2) is 0 Å². The maximum Gasteiger partial charge on any atom is 0.248 e. The lowest BCUT2D eigenvalue weighted by molar-refractivity contribution is -0.117. The van der Waals surface area contributed by atoms with E-state index in [0.717, 1.165) is 0 Å². The van der Waals surface area contributed by atoms with E-state index in [1.54, 1.807) is 24.3 Å². The number of Topliss-reactive ketones (excluding diaryl/α,β-unsaturated/α-hetero) is 1. The summed E-state index contributed by atoms with van der Waals surface area (Å²) >= 11 is 0. The monoisotopic (exact) mass is 176 g/mol. The third-order valence-electron chi connectivity index (χ3n) is 2.04. The summed E-state index contributed by atoms with van der Waals surface area (Å²) in [5.74, 6) is -0.885. The molecule has 13 heavy (non-hydrogen) atoms. The summed E-state index contributed by atoms with van der Waals surface area (Å²) in [5.41, 5.74) is 6.26. The number of anilines is 1. The second-order valence-corrected chi connectivity index (χ2v) is 2.89. The highest BCUT2D eigenvalue weighted by Crippen LogP contribution is 2.24. The number of benzene rings is 1. The molecular formula is C9H8N2O2. The van der Waals surface area contributed by atoms with E-state index in [0.29, 0.717) is 11.3 Å². The summed E-state index contributed by atoms with van der Waals surface area (Å²) in [6, 6.07) is 6.08. The molecule has 0 aliphatic carbocycles. The van der Waals surface area contributed by atoms with E-state index in [1.165, 1.54) is 0 Å². The van der Waals surface area contributed by atoms with Crippen LogP contribution in [-0.2, 0) is 4.79 Å². The molecule has 1 unspecified atom stereocenters. The minimum Gasteiger partial charge on any atom is -0.367 e. The summed E-state index contributed by atoms with van der Waals surface area (Å²) in [6.45, 7) is 0. The number of rotatable bonds is 1. The minimum atomic E-state index is -0.891. The molecule has 4 nitrogen and oxygen atoms in total. The fraction of sp³-hybridized carbons (Fsp3) is 0.111. The van der Waals surface area contributed by atoms with Gasteiger partial charge < -0.3 is 11.1 Å². The van der Waals surface area contributed by atoms with Crippen LogP contribution in [0.1, 0.15) is 10.4 Å². The number of nitrogens with two attached hydrogens (primary N) is 1. The van der Waals surface area contributed by atoms with E-state index in [-0.39, 0.29) is 5.78 Å². The Bertz CT molecular complexity index is 387. The zero-order valence-electron chi connectivity index (χ0n) is 6.78. The zero-order valence-corrected chi connectivity index (χ0v) is 6.78. The third-order valence-corrected chi connectivity index (χ3v) is 2.04. The predicted octanol–water partition coefficient (Wildman–Crippen LogP) is 0.149. The molecule has 1 heterocycles. The molecule has 1 aliphatic rings. The van der Waals surface area contributed by atoms with E-state index in [1.807, 2.05) is 0 Å². The number of hydrogen-bond donors (Lipinski definition) is 2. The molecule has 2 rings (SSSR count). The number of ketones is 1. The number of amides is 1. The first-order chi connectivity index (χ1) is 6.20. The van der Waals surface area contributed by atoms with Crippen LogP contribution in [0.2, 0.25) is 0 Å². The molecule has 0 bridgehead atoms. The molecule has 0 aromatic heterocycles. The maximum absolute atomic E-state index is 11.5. The van der Waals surface area contributed by atoms with Gasteiger partial charge in [0.25, 0.3) is 0 Å². The summed E-state index contributed by atoms with van der Waals surface area (Å²) in [5, 5.41) is 2.76. The quantitative estimate of drug-likeness (QED) is 0.598. The van der Waals surface area contributed by atoms with Crippen LogP contribution in [0.5, 0.6) is 0 Å². The van der Waals surface area contributed by atoms with Crippen LogP contribution >= 0.6 is 0 Å². The fourth-order valence-corrected chi connectivity index (χ4v) is 1.40. The summed E-state index contributed by atoms with van der Waals surface area (Å²) in [4.78, 5) is 22.3. The van der Waals surface area contributed by atoms with Crippen molar-refractivity contribution in [2.24, 2.45) is 5.73 Å². The van der Waals surface area contributed by atoms with Crippen molar-refractivity contribution in [1.82, 2.24) is 0 Å². The van der Waals surface area contributed by atoms with Crippen molar-refractivity contribution >= 4 is 17.4 Å². The normalized spacial score (nSPS) is 19.4. The van der Waals surface area contributed by atoms with Gasteiger partial charge in [0.15, 0.2) is 11.8 Å². The van der Waals surface area contributed by atoms with Crippen LogP contribution in [0, 0.1) is 0 Å². The first-order valence-electron chi connectivity index (χ1n) is 3.89. The lowest BCUT2D eigenvalue weighted by Gasteiger charge is -2.02. The lowest BCUT2D eigenvalue weighted by atomic mass is 10.1. The first-order valence-corrected chi connectivity index (χ1v) is 3.89. The smallest absolute Gasteiger partial charge is 0.248 e. The molecule has 66 valence electrons. The van der Waals surface area contributed by atoms with Crippen molar-refractivity contribution in [3.63, 3.8) is 0 Å². The molecule has 1 amide bonds. The van der Waals surface area contributed by atoms with Crippen LogP contribution in [0.25, 0.3) is 0 Å². The molecule has 0 radical (unpaired) electrons. The van der Waals surface area contributed by atoms with E-state index < -0.39 is 11.9 Å². The van der Waals surface area contributed by atoms with E-state index in [9.17, 15) is 9.59 Å². The van der Waals surface area contributed by atoms with Gasteiger partial charge in [0, 0.05) is 11.3 Å². The molecule has 4 heteroatoms. The lowest BCUT2D eigenvalue weighted by Crippen LogP contribution is -2.37. The Morgan fingerprint density at radius 2 is 2.08 bits per heavy atom. The summed E-state index contributed by atoms with van der Waals surface area (Å²) < 4.78 is 0. The molecule has 1 aromatic carbocycles. The number of hydrogen-bond acceptors (Lipinski definition) is 3. The average molecular weight is 176 g/mol. The van der Waals surface area contributed by atoms with E-state index in [4.69, 9.17) is 5.73 Å². The average Bonchev–Trinajstić information content (AvgIpc) is 2.45. The van der Waals surface area contributed by atoms with Gasteiger partial charge >= 0.3 is 0 Å². The first kappa shape index (κ1) is 7.79. The standard InChI is InChI=1S/C9H8N2O2/c10-9(13)7-8(12)5-3-1-2-4-6(5)11-7/h1-4,7,11H,(H2,10,13). The largest absolute Gasteiger partial charge is 0.367 e. The molecule has 0 fully saturated rings. The topological polar surface area (TPSA) is 72.2 Å². The van der Waals surface area contributed by atoms with Crippen molar-refractivity contribution < 1.29 is 9.59 Å². The number of fused-ring (bicyclic) bond motifs is 1. The minimum absolute atomic E-state index is 0.247. The second-order valence-electron chi connectivity index (χ2n) is 2.89. The van der Waals surface area contributed by atoms with Gasteiger partial charge in [-0.05, 0) is 12.1 Å². The van der Waals surface area contributed by atoms with Crippen molar-refractivity contribution in [3.8, 4) is 0 Å². The predicted molar refractivity (Wildman–Crippen MR) is 47.4 cm³/mol. The Kier molecular flexibility index (Phi) is 1.55. The number of para-hydroxylation sites is 1. The Morgan fingerprint density at radius 3 is 2.69 bits per heavy atom. The van der Waals surface area contributed by atoms with Crippen LogP contribution in [0.3, 0.4) is 0 Å². The molecule has 0 saturated heterocycles. The molecule has 1 aliphatic heterocycles. The van der Waals surface area contributed by atoms with Crippen molar-refractivity contribution in [2.45, 2.75) is 6.04 Å². The Labute approximate surface area is 74.7 Å².